The molecule has 2 amide bonds. The summed E-state index contributed by atoms with van der Waals surface area (Å²) in [4.78, 5) is 27.1. The first kappa shape index (κ1) is 26.3. The number of hydrogen-bond acceptors (Lipinski definition) is 4. The van der Waals surface area contributed by atoms with Crippen molar-refractivity contribution in [2.45, 2.75) is 26.4 Å². The third kappa shape index (κ3) is 7.00. The number of carbonyl (C=O) groups excluding carboxylic acids is 2. The molecule has 0 spiro atoms. The quantitative estimate of drug-likeness (QED) is 0.542. The molecular weight excluding hydrogens is 497 g/mol. The molecule has 0 saturated carbocycles. The normalized spacial score (nSPS) is 12.2. The van der Waals surface area contributed by atoms with Crippen molar-refractivity contribution in [1.82, 2.24) is 10.2 Å². The van der Waals surface area contributed by atoms with Gasteiger partial charge in [-0.3, -0.25) is 13.9 Å². The van der Waals surface area contributed by atoms with Gasteiger partial charge in [0.25, 0.3) is 0 Å². The summed E-state index contributed by atoms with van der Waals surface area (Å²) < 4.78 is 25.9. The number of benzene rings is 2. The predicted molar refractivity (Wildman–Crippen MR) is 129 cm³/mol. The molecule has 2 rings (SSSR count). The molecule has 0 aliphatic heterocycles. The predicted octanol–water partition coefficient (Wildman–Crippen LogP) is 3.97. The van der Waals surface area contributed by atoms with E-state index in [2.05, 4.69) is 5.32 Å². The minimum atomic E-state index is -3.90. The first-order chi connectivity index (χ1) is 14.9. The molecular formula is C21H24Cl3N3O4S. The zero-order chi connectivity index (χ0) is 24.1. The van der Waals surface area contributed by atoms with Gasteiger partial charge < -0.3 is 10.2 Å². The van der Waals surface area contributed by atoms with Crippen LogP contribution in [-0.4, -0.2) is 50.5 Å². The van der Waals surface area contributed by atoms with Crippen LogP contribution in [0.15, 0.2) is 42.5 Å². The van der Waals surface area contributed by atoms with Gasteiger partial charge >= 0.3 is 0 Å². The summed E-state index contributed by atoms with van der Waals surface area (Å²) in [6.45, 7) is 3.21. The van der Waals surface area contributed by atoms with Crippen LogP contribution in [0.2, 0.25) is 15.1 Å². The lowest BCUT2D eigenvalue weighted by Gasteiger charge is -2.31. The lowest BCUT2D eigenvalue weighted by molar-refractivity contribution is -0.139. The fourth-order valence-corrected chi connectivity index (χ4v) is 4.51. The molecule has 0 heterocycles. The monoisotopic (exact) mass is 519 g/mol. The van der Waals surface area contributed by atoms with Gasteiger partial charge in [-0.05, 0) is 49.7 Å². The molecule has 2 aromatic carbocycles. The van der Waals surface area contributed by atoms with Crippen LogP contribution in [0.1, 0.15) is 19.4 Å². The summed E-state index contributed by atoms with van der Waals surface area (Å²) in [6, 6.07) is 10.3. The van der Waals surface area contributed by atoms with Gasteiger partial charge in [0.15, 0.2) is 0 Å². The van der Waals surface area contributed by atoms with Gasteiger partial charge in [-0.1, -0.05) is 46.9 Å². The van der Waals surface area contributed by atoms with Crippen LogP contribution in [0.5, 0.6) is 0 Å². The Morgan fingerprint density at radius 2 is 1.72 bits per heavy atom. The lowest BCUT2D eigenvalue weighted by atomic mass is 10.1. The van der Waals surface area contributed by atoms with Crippen molar-refractivity contribution in [2.75, 3.05) is 23.7 Å². The number of sulfonamides is 1. The van der Waals surface area contributed by atoms with E-state index in [1.807, 2.05) is 0 Å². The van der Waals surface area contributed by atoms with E-state index in [0.29, 0.717) is 17.1 Å². The summed E-state index contributed by atoms with van der Waals surface area (Å²) in [5.74, 6) is -0.959. The summed E-state index contributed by atoms with van der Waals surface area (Å²) in [5, 5.41) is 3.53. The molecule has 7 nitrogen and oxygen atoms in total. The third-order valence-corrected chi connectivity index (χ3v) is 6.53. The number of amides is 2. The second kappa shape index (κ2) is 11.2. The smallest absolute Gasteiger partial charge is 0.244 e. The fourth-order valence-electron chi connectivity index (χ4n) is 3.01. The first-order valence-corrected chi connectivity index (χ1v) is 12.7. The molecule has 0 radical (unpaired) electrons. The van der Waals surface area contributed by atoms with E-state index < -0.39 is 28.5 Å². The number of carbonyl (C=O) groups is 2. The summed E-state index contributed by atoms with van der Waals surface area (Å²) in [5.41, 5.74) is 0.761. The zero-order valence-electron chi connectivity index (χ0n) is 17.8. The number of nitrogens with one attached hydrogen (secondary N) is 1. The Morgan fingerprint density at radius 1 is 1.06 bits per heavy atom. The van der Waals surface area contributed by atoms with Crippen molar-refractivity contribution < 1.29 is 18.0 Å². The largest absolute Gasteiger partial charge is 0.355 e. The van der Waals surface area contributed by atoms with Gasteiger partial charge in [-0.25, -0.2) is 8.42 Å². The molecule has 0 unspecified atom stereocenters. The molecule has 2 aromatic rings. The van der Waals surface area contributed by atoms with E-state index in [-0.39, 0.29) is 28.2 Å². The maximum atomic E-state index is 13.3. The van der Waals surface area contributed by atoms with Gasteiger partial charge in [-0.2, -0.15) is 0 Å². The highest BCUT2D eigenvalue weighted by Crippen LogP contribution is 2.31. The molecule has 0 fully saturated rings. The van der Waals surface area contributed by atoms with E-state index in [9.17, 15) is 18.0 Å². The van der Waals surface area contributed by atoms with E-state index in [0.717, 1.165) is 10.6 Å². The van der Waals surface area contributed by atoms with Crippen LogP contribution in [0.4, 0.5) is 5.69 Å². The molecule has 0 aliphatic rings. The van der Waals surface area contributed by atoms with Gasteiger partial charge in [0, 0.05) is 23.1 Å². The highest BCUT2D eigenvalue weighted by atomic mass is 35.5. The molecule has 32 heavy (non-hydrogen) atoms. The molecule has 0 saturated heterocycles. The molecule has 174 valence electrons. The highest BCUT2D eigenvalue weighted by Gasteiger charge is 2.30. The summed E-state index contributed by atoms with van der Waals surface area (Å²) in [6.07, 6.45) is 0.964. The van der Waals surface area contributed by atoms with Crippen LogP contribution in [0, 0.1) is 0 Å². The second-order valence-electron chi connectivity index (χ2n) is 7.09. The summed E-state index contributed by atoms with van der Waals surface area (Å²) in [7, 11) is -3.90. The Balaban J connectivity index is 2.43. The minimum Gasteiger partial charge on any atom is -0.355 e. The number of nitrogens with zero attached hydrogens (tertiary/aromatic N) is 2. The molecule has 1 atom stereocenters. The zero-order valence-corrected chi connectivity index (χ0v) is 20.9. The maximum Gasteiger partial charge on any atom is 0.244 e. The SMILES string of the molecule is CCNC(=O)[C@H](C)N(Cc1cccc(Cl)c1)C(=O)CN(c1cc(Cl)ccc1Cl)S(C)(=O)=O. The van der Waals surface area contributed by atoms with Crippen LogP contribution in [0.3, 0.4) is 0 Å². The molecule has 11 heteroatoms. The number of likely N-dealkylation sites (N-methyl/N-ethyl adjacent to an activating group) is 1. The van der Waals surface area contributed by atoms with Crippen molar-refractivity contribution in [3.05, 3.63) is 63.1 Å². The molecule has 0 aliphatic carbocycles. The molecule has 1 N–H and O–H groups in total. The first-order valence-electron chi connectivity index (χ1n) is 9.68. The van der Waals surface area contributed by atoms with Gasteiger partial charge in [0.2, 0.25) is 21.8 Å². The van der Waals surface area contributed by atoms with Gasteiger partial charge in [-0.15, -0.1) is 0 Å². The number of anilines is 1. The van der Waals surface area contributed by atoms with Crippen LogP contribution in [-0.2, 0) is 26.2 Å². The Labute approximate surface area is 203 Å². The average molecular weight is 521 g/mol. The number of rotatable bonds is 9. The fraction of sp³-hybridized carbons (Fsp3) is 0.333. The maximum absolute atomic E-state index is 13.3. The van der Waals surface area contributed by atoms with Crippen LogP contribution >= 0.6 is 34.8 Å². The van der Waals surface area contributed by atoms with Gasteiger partial charge in [0.05, 0.1) is 17.0 Å². The van der Waals surface area contributed by atoms with E-state index in [1.54, 1.807) is 38.1 Å². The van der Waals surface area contributed by atoms with Crippen molar-refractivity contribution in [2.24, 2.45) is 0 Å². The minimum absolute atomic E-state index is 0.0541. The van der Waals surface area contributed by atoms with Crippen LogP contribution < -0.4 is 9.62 Å². The van der Waals surface area contributed by atoms with Crippen molar-refractivity contribution in [1.29, 1.82) is 0 Å². The molecule has 0 aromatic heterocycles. The second-order valence-corrected chi connectivity index (χ2v) is 10.3. The van der Waals surface area contributed by atoms with Crippen molar-refractivity contribution in [3.8, 4) is 0 Å². The Bertz CT molecular complexity index is 1100. The van der Waals surface area contributed by atoms with Gasteiger partial charge in [0.1, 0.15) is 12.6 Å². The topological polar surface area (TPSA) is 86.8 Å². The van der Waals surface area contributed by atoms with E-state index in [4.69, 9.17) is 34.8 Å². The lowest BCUT2D eigenvalue weighted by Crippen LogP contribution is -2.51. The number of hydrogen-bond donors (Lipinski definition) is 1. The molecule has 0 bridgehead atoms. The third-order valence-electron chi connectivity index (χ3n) is 4.62. The Morgan fingerprint density at radius 3 is 2.31 bits per heavy atom. The Kier molecular flexibility index (Phi) is 9.21. The van der Waals surface area contributed by atoms with E-state index in [1.165, 1.54) is 23.1 Å². The Hall–Kier alpha value is -2.00. The highest BCUT2D eigenvalue weighted by molar-refractivity contribution is 7.92. The van der Waals surface area contributed by atoms with Crippen molar-refractivity contribution in [3.63, 3.8) is 0 Å². The standard InChI is InChI=1S/C21H24Cl3N3O4S/c1-4-25-21(29)14(2)26(12-15-6-5-7-16(22)10-15)20(28)13-27(32(3,30)31)19-11-17(23)8-9-18(19)24/h5-11,14H,4,12-13H2,1-3H3,(H,25,29)/t14-/m0/s1. The number of halogens is 3. The van der Waals surface area contributed by atoms with E-state index >= 15 is 0 Å². The van der Waals surface area contributed by atoms with Crippen LogP contribution in [0.25, 0.3) is 0 Å². The average Bonchev–Trinajstić information content (AvgIpc) is 2.71. The van der Waals surface area contributed by atoms with Crippen molar-refractivity contribution >= 4 is 62.3 Å². The summed E-state index contributed by atoms with van der Waals surface area (Å²) >= 11 is 18.3.